The van der Waals surface area contributed by atoms with Crippen molar-refractivity contribution in [2.45, 2.75) is 11.7 Å². The molecular formula is C12H13ClN4OS. The van der Waals surface area contributed by atoms with Crippen LogP contribution in [0.2, 0.25) is 5.02 Å². The summed E-state index contributed by atoms with van der Waals surface area (Å²) in [6.07, 6.45) is 1.42. The largest absolute Gasteiger partial charge is 0.341 e. The van der Waals surface area contributed by atoms with Crippen LogP contribution in [0.5, 0.6) is 0 Å². The number of hydrogen-bond acceptors (Lipinski definition) is 4. The first-order valence-electron chi connectivity index (χ1n) is 5.62. The lowest BCUT2D eigenvalue weighted by atomic mass is 10.2. The highest BCUT2D eigenvalue weighted by Gasteiger charge is 2.11. The van der Waals surface area contributed by atoms with Crippen molar-refractivity contribution in [2.75, 3.05) is 12.8 Å². The summed E-state index contributed by atoms with van der Waals surface area (Å²) in [7, 11) is 1.77. The van der Waals surface area contributed by atoms with E-state index in [0.29, 0.717) is 22.5 Å². The second-order valence-electron chi connectivity index (χ2n) is 3.96. The molecule has 0 aliphatic rings. The monoisotopic (exact) mass is 296 g/mol. The zero-order chi connectivity index (χ0) is 13.7. The molecule has 2 aromatic rings. The van der Waals surface area contributed by atoms with Gasteiger partial charge in [-0.3, -0.25) is 9.89 Å². The zero-order valence-electron chi connectivity index (χ0n) is 10.3. The van der Waals surface area contributed by atoms with Crippen LogP contribution >= 0.6 is 23.4 Å². The fraction of sp³-hybridized carbons (Fsp3) is 0.250. The van der Waals surface area contributed by atoms with Crippen LogP contribution in [-0.2, 0) is 11.3 Å². The molecule has 1 heterocycles. The molecule has 0 aliphatic heterocycles. The second kappa shape index (κ2) is 6.58. The van der Waals surface area contributed by atoms with Crippen LogP contribution in [0.3, 0.4) is 0 Å². The average Bonchev–Trinajstić information content (AvgIpc) is 2.89. The molecule has 1 aromatic carbocycles. The van der Waals surface area contributed by atoms with Crippen molar-refractivity contribution in [3.8, 4) is 0 Å². The van der Waals surface area contributed by atoms with E-state index in [1.165, 1.54) is 18.1 Å². The Morgan fingerprint density at radius 3 is 3.05 bits per heavy atom. The number of amides is 1. The van der Waals surface area contributed by atoms with Gasteiger partial charge in [-0.1, -0.05) is 35.5 Å². The Kier molecular flexibility index (Phi) is 4.81. The Bertz CT molecular complexity index is 546. The molecule has 0 atom stereocenters. The number of nitrogens with zero attached hydrogens (tertiary/aromatic N) is 3. The molecule has 0 radical (unpaired) electrons. The van der Waals surface area contributed by atoms with Crippen molar-refractivity contribution in [1.82, 2.24) is 20.1 Å². The molecule has 0 bridgehead atoms. The first kappa shape index (κ1) is 13.9. The normalized spacial score (nSPS) is 10.4. The molecule has 0 saturated carbocycles. The smallest absolute Gasteiger partial charge is 0.233 e. The zero-order valence-corrected chi connectivity index (χ0v) is 11.9. The van der Waals surface area contributed by atoms with Gasteiger partial charge >= 0.3 is 0 Å². The number of aromatic amines is 1. The average molecular weight is 297 g/mol. The van der Waals surface area contributed by atoms with Crippen LogP contribution < -0.4 is 0 Å². The number of carbonyl (C=O) groups is 1. The Morgan fingerprint density at radius 2 is 2.37 bits per heavy atom. The Balaban J connectivity index is 1.85. The highest BCUT2D eigenvalue weighted by Crippen LogP contribution is 2.14. The quantitative estimate of drug-likeness (QED) is 0.859. The van der Waals surface area contributed by atoms with Gasteiger partial charge in [0.05, 0.1) is 5.75 Å². The van der Waals surface area contributed by atoms with Gasteiger partial charge in [0.25, 0.3) is 0 Å². The molecule has 19 heavy (non-hydrogen) atoms. The van der Waals surface area contributed by atoms with Crippen molar-refractivity contribution >= 4 is 29.3 Å². The van der Waals surface area contributed by atoms with Crippen molar-refractivity contribution in [3.05, 3.63) is 41.2 Å². The lowest BCUT2D eigenvalue weighted by molar-refractivity contribution is -0.127. The molecule has 0 unspecified atom stereocenters. The molecule has 0 aliphatic carbocycles. The minimum Gasteiger partial charge on any atom is -0.341 e. The van der Waals surface area contributed by atoms with Crippen LogP contribution in [0.15, 0.2) is 35.7 Å². The van der Waals surface area contributed by atoms with Gasteiger partial charge in [-0.15, -0.1) is 0 Å². The number of carbonyl (C=O) groups excluding carboxylic acids is 1. The molecule has 1 amide bonds. The highest BCUT2D eigenvalue weighted by molar-refractivity contribution is 7.99. The number of rotatable bonds is 5. The number of aromatic nitrogens is 3. The van der Waals surface area contributed by atoms with Crippen LogP contribution in [0.25, 0.3) is 0 Å². The minimum atomic E-state index is 0.0291. The third-order valence-electron chi connectivity index (χ3n) is 2.46. The molecule has 0 fully saturated rings. The SMILES string of the molecule is CN(Cc1cccc(Cl)c1)C(=O)CSc1ncn[nH]1. The Hall–Kier alpha value is -1.53. The van der Waals surface area contributed by atoms with E-state index in [1.807, 2.05) is 24.3 Å². The number of H-pyrrole nitrogens is 1. The van der Waals surface area contributed by atoms with Crippen molar-refractivity contribution < 1.29 is 4.79 Å². The molecule has 7 heteroatoms. The molecule has 2 rings (SSSR count). The van der Waals surface area contributed by atoms with Gasteiger partial charge in [-0.25, -0.2) is 4.98 Å². The molecule has 5 nitrogen and oxygen atoms in total. The van der Waals surface area contributed by atoms with Gasteiger partial charge in [-0.2, -0.15) is 5.10 Å². The topological polar surface area (TPSA) is 61.9 Å². The van der Waals surface area contributed by atoms with Crippen LogP contribution in [0.4, 0.5) is 0 Å². The van der Waals surface area contributed by atoms with Gasteiger partial charge in [0.2, 0.25) is 5.91 Å². The maximum atomic E-state index is 11.9. The molecule has 1 aromatic heterocycles. The first-order valence-corrected chi connectivity index (χ1v) is 6.98. The molecule has 1 N–H and O–H groups in total. The number of thioether (sulfide) groups is 1. The van der Waals surface area contributed by atoms with Crippen LogP contribution in [0.1, 0.15) is 5.56 Å². The van der Waals surface area contributed by atoms with E-state index in [-0.39, 0.29) is 5.91 Å². The molecule has 100 valence electrons. The van der Waals surface area contributed by atoms with Gasteiger partial charge < -0.3 is 4.90 Å². The van der Waals surface area contributed by atoms with Crippen molar-refractivity contribution in [2.24, 2.45) is 0 Å². The maximum absolute atomic E-state index is 11.9. The fourth-order valence-electron chi connectivity index (χ4n) is 1.50. The van der Waals surface area contributed by atoms with E-state index < -0.39 is 0 Å². The van der Waals surface area contributed by atoms with E-state index in [9.17, 15) is 4.79 Å². The summed E-state index contributed by atoms with van der Waals surface area (Å²) in [5, 5.41) is 7.75. The molecule has 0 saturated heterocycles. The first-order chi connectivity index (χ1) is 9.15. The molecule has 0 spiro atoms. The number of halogens is 1. The lowest BCUT2D eigenvalue weighted by Gasteiger charge is -2.16. The van der Waals surface area contributed by atoms with E-state index in [1.54, 1.807) is 11.9 Å². The van der Waals surface area contributed by atoms with Crippen LogP contribution in [0, 0.1) is 0 Å². The van der Waals surface area contributed by atoms with Gasteiger partial charge in [0.15, 0.2) is 5.16 Å². The lowest BCUT2D eigenvalue weighted by Crippen LogP contribution is -2.27. The number of benzene rings is 1. The van der Waals surface area contributed by atoms with Gasteiger partial charge in [0, 0.05) is 18.6 Å². The van der Waals surface area contributed by atoms with Gasteiger partial charge in [-0.05, 0) is 17.7 Å². The minimum absolute atomic E-state index is 0.0291. The predicted octanol–water partition coefficient (Wildman–Crippen LogP) is 2.21. The Morgan fingerprint density at radius 1 is 1.53 bits per heavy atom. The summed E-state index contributed by atoms with van der Waals surface area (Å²) in [4.78, 5) is 17.6. The number of nitrogens with one attached hydrogen (secondary N) is 1. The van der Waals surface area contributed by atoms with Crippen molar-refractivity contribution in [3.63, 3.8) is 0 Å². The summed E-state index contributed by atoms with van der Waals surface area (Å²) in [6.45, 7) is 0.538. The number of hydrogen-bond donors (Lipinski definition) is 1. The fourth-order valence-corrected chi connectivity index (χ4v) is 2.43. The molecular weight excluding hydrogens is 284 g/mol. The van der Waals surface area contributed by atoms with Crippen LogP contribution in [-0.4, -0.2) is 38.8 Å². The van der Waals surface area contributed by atoms with E-state index in [0.717, 1.165) is 5.56 Å². The van der Waals surface area contributed by atoms with E-state index in [2.05, 4.69) is 15.2 Å². The third kappa shape index (κ3) is 4.25. The summed E-state index contributed by atoms with van der Waals surface area (Å²) < 4.78 is 0. The predicted molar refractivity (Wildman–Crippen MR) is 75.0 cm³/mol. The van der Waals surface area contributed by atoms with E-state index >= 15 is 0 Å². The summed E-state index contributed by atoms with van der Waals surface area (Å²) >= 11 is 7.24. The Labute approximate surface area is 120 Å². The summed E-state index contributed by atoms with van der Waals surface area (Å²) in [5.41, 5.74) is 1.01. The maximum Gasteiger partial charge on any atom is 0.233 e. The van der Waals surface area contributed by atoms with Gasteiger partial charge in [0.1, 0.15) is 6.33 Å². The van der Waals surface area contributed by atoms with Crippen molar-refractivity contribution in [1.29, 1.82) is 0 Å². The third-order valence-corrected chi connectivity index (χ3v) is 3.56. The highest BCUT2D eigenvalue weighted by atomic mass is 35.5. The summed E-state index contributed by atoms with van der Waals surface area (Å²) in [5.74, 6) is 0.355. The van der Waals surface area contributed by atoms with E-state index in [4.69, 9.17) is 11.6 Å². The summed E-state index contributed by atoms with van der Waals surface area (Å²) in [6, 6.07) is 7.49. The standard InChI is InChI=1S/C12H13ClN4OS/c1-17(6-9-3-2-4-10(13)5-9)11(18)7-19-12-14-8-15-16-12/h2-5,8H,6-7H2,1H3,(H,14,15,16). The second-order valence-corrected chi connectivity index (χ2v) is 5.36.